The Morgan fingerprint density at radius 2 is 1.79 bits per heavy atom. The summed E-state index contributed by atoms with van der Waals surface area (Å²) in [6, 6.07) is 11.7. The Morgan fingerprint density at radius 1 is 1.09 bits per heavy atom. The van der Waals surface area contributed by atoms with Crippen molar-refractivity contribution in [3.8, 4) is 11.5 Å². The maximum Gasteiger partial charge on any atom is 0.295 e. The zero-order valence-corrected chi connectivity index (χ0v) is 20.5. The molecular formula is C27H33NO6. The fraction of sp³-hybridized carbons (Fsp3) is 0.407. The molecule has 0 spiro atoms. The number of Topliss-reactive ketones (excluding diaryl/α,β-unsaturated/α-hetero) is 1. The van der Waals surface area contributed by atoms with Gasteiger partial charge in [-0.25, -0.2) is 0 Å². The van der Waals surface area contributed by atoms with Crippen LogP contribution >= 0.6 is 0 Å². The molecule has 0 saturated carbocycles. The van der Waals surface area contributed by atoms with E-state index >= 15 is 0 Å². The van der Waals surface area contributed by atoms with Gasteiger partial charge in [0.15, 0.2) is 0 Å². The number of likely N-dealkylation sites (tertiary alicyclic amines) is 1. The van der Waals surface area contributed by atoms with Crippen LogP contribution in [0.4, 0.5) is 0 Å². The predicted molar refractivity (Wildman–Crippen MR) is 130 cm³/mol. The number of carbonyl (C=O) groups is 2. The standard InChI is InChI=1S/C27H33NO6/c1-6-33-21-10-7-19(8-11-21)24-23(26(30)27(31)28(24)13-14-32-5)25(29)20-9-12-22(18(4)15-20)34-16-17(2)3/h7-12,15,17,24,29H,6,13-14,16H2,1-5H3/t24-/m0/s1. The number of carbonyl (C=O) groups excluding carboxylic acids is 2. The van der Waals surface area contributed by atoms with Gasteiger partial charge in [0.25, 0.3) is 11.7 Å². The van der Waals surface area contributed by atoms with Crippen molar-refractivity contribution in [1.29, 1.82) is 0 Å². The van der Waals surface area contributed by atoms with Crippen molar-refractivity contribution < 1.29 is 28.9 Å². The summed E-state index contributed by atoms with van der Waals surface area (Å²) >= 11 is 0. The molecule has 1 aliphatic rings. The highest BCUT2D eigenvalue weighted by Gasteiger charge is 2.45. The van der Waals surface area contributed by atoms with E-state index in [9.17, 15) is 14.7 Å². The number of amides is 1. The summed E-state index contributed by atoms with van der Waals surface area (Å²) in [6.07, 6.45) is 0. The van der Waals surface area contributed by atoms with Crippen LogP contribution in [-0.4, -0.2) is 55.2 Å². The minimum absolute atomic E-state index is 0.0560. The number of ketones is 1. The third kappa shape index (κ3) is 5.42. The van der Waals surface area contributed by atoms with Crippen LogP contribution in [0.5, 0.6) is 11.5 Å². The molecule has 7 heteroatoms. The first-order valence-electron chi connectivity index (χ1n) is 11.5. The largest absolute Gasteiger partial charge is 0.507 e. The van der Waals surface area contributed by atoms with Crippen LogP contribution in [0.2, 0.25) is 0 Å². The van der Waals surface area contributed by atoms with Gasteiger partial charge in [-0.3, -0.25) is 9.59 Å². The average Bonchev–Trinajstić information content (AvgIpc) is 3.06. The lowest BCUT2D eigenvalue weighted by atomic mass is 9.94. The third-order valence-electron chi connectivity index (χ3n) is 5.60. The molecule has 0 aliphatic carbocycles. The highest BCUT2D eigenvalue weighted by Crippen LogP contribution is 2.40. The summed E-state index contributed by atoms with van der Waals surface area (Å²) in [4.78, 5) is 27.4. The molecule has 7 nitrogen and oxygen atoms in total. The second-order valence-electron chi connectivity index (χ2n) is 8.67. The van der Waals surface area contributed by atoms with E-state index in [-0.39, 0.29) is 24.5 Å². The Hall–Kier alpha value is -3.32. The minimum Gasteiger partial charge on any atom is -0.507 e. The molecular weight excluding hydrogens is 434 g/mol. The van der Waals surface area contributed by atoms with E-state index in [4.69, 9.17) is 14.2 Å². The first-order chi connectivity index (χ1) is 16.3. The number of rotatable bonds is 10. The van der Waals surface area contributed by atoms with E-state index in [1.54, 1.807) is 30.3 Å². The molecule has 0 unspecified atom stereocenters. The number of hydrogen-bond acceptors (Lipinski definition) is 6. The molecule has 34 heavy (non-hydrogen) atoms. The molecule has 1 aliphatic heterocycles. The van der Waals surface area contributed by atoms with Crippen molar-refractivity contribution in [1.82, 2.24) is 4.90 Å². The van der Waals surface area contributed by atoms with Crippen LogP contribution in [0, 0.1) is 12.8 Å². The Bertz CT molecular complexity index is 1060. The smallest absolute Gasteiger partial charge is 0.295 e. The second-order valence-corrected chi connectivity index (χ2v) is 8.67. The first kappa shape index (κ1) is 25.3. The number of aryl methyl sites for hydroxylation is 1. The summed E-state index contributed by atoms with van der Waals surface area (Å²) in [5.74, 6) is 0.193. The van der Waals surface area contributed by atoms with Gasteiger partial charge in [0.1, 0.15) is 17.3 Å². The fourth-order valence-corrected chi connectivity index (χ4v) is 3.93. The van der Waals surface area contributed by atoms with Crippen molar-refractivity contribution in [2.45, 2.75) is 33.7 Å². The highest BCUT2D eigenvalue weighted by atomic mass is 16.5. The van der Waals surface area contributed by atoms with Crippen molar-refractivity contribution in [2.75, 3.05) is 33.5 Å². The summed E-state index contributed by atoms with van der Waals surface area (Å²) in [7, 11) is 1.54. The van der Waals surface area contributed by atoms with Gasteiger partial charge in [0, 0.05) is 19.2 Å². The highest BCUT2D eigenvalue weighted by molar-refractivity contribution is 6.46. The van der Waals surface area contributed by atoms with Crippen LogP contribution in [0.15, 0.2) is 48.0 Å². The third-order valence-corrected chi connectivity index (χ3v) is 5.60. The van der Waals surface area contributed by atoms with Crippen LogP contribution in [0.25, 0.3) is 5.76 Å². The monoisotopic (exact) mass is 467 g/mol. The average molecular weight is 468 g/mol. The van der Waals surface area contributed by atoms with Gasteiger partial charge in [0.05, 0.1) is 31.4 Å². The minimum atomic E-state index is -0.733. The van der Waals surface area contributed by atoms with Crippen molar-refractivity contribution in [2.24, 2.45) is 5.92 Å². The van der Waals surface area contributed by atoms with Crippen LogP contribution in [0.1, 0.15) is 43.5 Å². The van der Waals surface area contributed by atoms with Gasteiger partial charge in [-0.1, -0.05) is 26.0 Å². The van der Waals surface area contributed by atoms with Crippen molar-refractivity contribution in [3.05, 3.63) is 64.7 Å². The van der Waals surface area contributed by atoms with Crippen LogP contribution < -0.4 is 9.47 Å². The molecule has 1 atom stereocenters. The Balaban J connectivity index is 2.05. The van der Waals surface area contributed by atoms with Gasteiger partial charge in [-0.05, 0) is 61.2 Å². The lowest BCUT2D eigenvalue weighted by Crippen LogP contribution is -2.32. The van der Waals surface area contributed by atoms with E-state index in [2.05, 4.69) is 13.8 Å². The molecule has 182 valence electrons. The summed E-state index contributed by atoms with van der Waals surface area (Å²) in [5.41, 5.74) is 2.04. The zero-order valence-electron chi connectivity index (χ0n) is 20.5. The van der Waals surface area contributed by atoms with E-state index < -0.39 is 17.7 Å². The normalized spacial score (nSPS) is 17.5. The SMILES string of the molecule is CCOc1ccc([C@H]2C(=C(O)c3ccc(OCC(C)C)c(C)c3)C(=O)C(=O)N2CCOC)cc1. The number of aliphatic hydroxyl groups is 1. The summed E-state index contributed by atoms with van der Waals surface area (Å²) in [5, 5.41) is 11.2. The topological polar surface area (TPSA) is 85.3 Å². The number of ether oxygens (including phenoxy) is 3. The molecule has 2 aromatic rings. The number of methoxy groups -OCH3 is 1. The Labute approximate surface area is 200 Å². The molecule has 1 amide bonds. The van der Waals surface area contributed by atoms with Gasteiger partial charge in [-0.15, -0.1) is 0 Å². The molecule has 1 N–H and O–H groups in total. The van der Waals surface area contributed by atoms with Crippen LogP contribution in [-0.2, 0) is 14.3 Å². The maximum absolute atomic E-state index is 13.1. The van der Waals surface area contributed by atoms with Crippen molar-refractivity contribution in [3.63, 3.8) is 0 Å². The molecule has 2 aromatic carbocycles. The molecule has 0 aromatic heterocycles. The molecule has 0 radical (unpaired) electrons. The van der Waals surface area contributed by atoms with E-state index in [1.807, 2.05) is 26.0 Å². The number of nitrogens with zero attached hydrogens (tertiary/aromatic N) is 1. The molecule has 0 bridgehead atoms. The summed E-state index contributed by atoms with van der Waals surface area (Å²) < 4.78 is 16.5. The predicted octanol–water partition coefficient (Wildman–Crippen LogP) is 4.50. The fourth-order valence-electron chi connectivity index (χ4n) is 3.93. The lowest BCUT2D eigenvalue weighted by Gasteiger charge is -2.25. The zero-order chi connectivity index (χ0) is 24.8. The lowest BCUT2D eigenvalue weighted by molar-refractivity contribution is -0.140. The molecule has 1 saturated heterocycles. The van der Waals surface area contributed by atoms with Gasteiger partial charge in [-0.2, -0.15) is 0 Å². The maximum atomic E-state index is 13.1. The molecule has 1 heterocycles. The number of benzene rings is 2. The van der Waals surface area contributed by atoms with E-state index in [1.165, 1.54) is 12.0 Å². The quantitative estimate of drug-likeness (QED) is 0.315. The summed E-state index contributed by atoms with van der Waals surface area (Å²) in [6.45, 7) is 9.51. The van der Waals surface area contributed by atoms with Gasteiger partial charge in [0.2, 0.25) is 0 Å². The number of hydrogen-bond donors (Lipinski definition) is 1. The van der Waals surface area contributed by atoms with E-state index in [0.717, 1.165) is 5.56 Å². The molecule has 3 rings (SSSR count). The Kier molecular flexibility index (Phi) is 8.34. The van der Waals surface area contributed by atoms with Gasteiger partial charge >= 0.3 is 0 Å². The number of aliphatic hydroxyl groups excluding tert-OH is 1. The van der Waals surface area contributed by atoms with Crippen molar-refractivity contribution >= 4 is 17.4 Å². The second kappa shape index (κ2) is 11.2. The molecule has 1 fully saturated rings. The van der Waals surface area contributed by atoms with Crippen LogP contribution in [0.3, 0.4) is 0 Å². The first-order valence-corrected chi connectivity index (χ1v) is 11.5. The Morgan fingerprint density at radius 3 is 2.38 bits per heavy atom. The van der Waals surface area contributed by atoms with Gasteiger partial charge < -0.3 is 24.2 Å². The van der Waals surface area contributed by atoms with E-state index in [0.29, 0.717) is 41.8 Å².